The fourth-order valence-electron chi connectivity index (χ4n) is 2.02. The second-order valence-corrected chi connectivity index (χ2v) is 4.76. The molecule has 3 N–H and O–H groups in total. The summed E-state index contributed by atoms with van der Waals surface area (Å²) in [6.45, 7) is 8.08. The van der Waals surface area contributed by atoms with Gasteiger partial charge in [-0.05, 0) is 26.0 Å². The Morgan fingerprint density at radius 1 is 1.29 bits per heavy atom. The molecule has 3 heteroatoms. The molecule has 1 atom stereocenters. The summed E-state index contributed by atoms with van der Waals surface area (Å²) in [5, 5.41) is 10.7. The first-order valence-corrected chi connectivity index (χ1v) is 6.25. The normalized spacial score (nSPS) is 15.2. The van der Waals surface area contributed by atoms with Gasteiger partial charge >= 0.3 is 0 Å². The molecule has 1 aromatic rings. The fourth-order valence-corrected chi connectivity index (χ4v) is 2.02. The summed E-state index contributed by atoms with van der Waals surface area (Å²) in [5.41, 5.74) is 5.70. The number of nitrogens with two attached hydrogens (primary N) is 1. The Morgan fingerprint density at radius 2 is 1.88 bits per heavy atom. The van der Waals surface area contributed by atoms with Crippen LogP contribution in [0, 0.1) is 0 Å². The molecule has 1 rings (SSSR count). The van der Waals surface area contributed by atoms with Crippen molar-refractivity contribution in [1.82, 2.24) is 4.90 Å². The molecule has 0 saturated heterocycles. The van der Waals surface area contributed by atoms with Gasteiger partial charge in [0.25, 0.3) is 0 Å². The van der Waals surface area contributed by atoms with Crippen molar-refractivity contribution in [2.75, 3.05) is 19.6 Å². The lowest BCUT2D eigenvalue weighted by Crippen LogP contribution is -2.48. The Bertz CT molecular complexity index is 326. The van der Waals surface area contributed by atoms with Crippen LogP contribution >= 0.6 is 0 Å². The zero-order valence-corrected chi connectivity index (χ0v) is 11.1. The Hall–Kier alpha value is -0.900. The topological polar surface area (TPSA) is 49.5 Å². The third-order valence-corrected chi connectivity index (χ3v) is 3.25. The van der Waals surface area contributed by atoms with Crippen molar-refractivity contribution in [1.29, 1.82) is 0 Å². The summed E-state index contributed by atoms with van der Waals surface area (Å²) in [4.78, 5) is 2.22. The van der Waals surface area contributed by atoms with E-state index in [9.17, 15) is 5.11 Å². The van der Waals surface area contributed by atoms with E-state index in [0.717, 1.165) is 12.1 Å². The van der Waals surface area contributed by atoms with E-state index in [1.807, 2.05) is 30.3 Å². The van der Waals surface area contributed by atoms with Gasteiger partial charge in [0.2, 0.25) is 0 Å². The third kappa shape index (κ3) is 3.53. The van der Waals surface area contributed by atoms with Crippen molar-refractivity contribution in [2.24, 2.45) is 5.73 Å². The predicted octanol–water partition coefficient (Wildman–Crippen LogP) is 1.56. The summed E-state index contributed by atoms with van der Waals surface area (Å²) in [6.07, 6.45) is 0. The zero-order valence-electron chi connectivity index (χ0n) is 11.1. The van der Waals surface area contributed by atoms with Crippen LogP contribution in [0.15, 0.2) is 30.3 Å². The Balaban J connectivity index is 2.89. The van der Waals surface area contributed by atoms with E-state index >= 15 is 0 Å². The van der Waals surface area contributed by atoms with Crippen LogP contribution in [0.2, 0.25) is 0 Å². The molecule has 1 aromatic carbocycles. The molecule has 0 radical (unpaired) electrons. The Labute approximate surface area is 104 Å². The summed E-state index contributed by atoms with van der Waals surface area (Å²) >= 11 is 0. The van der Waals surface area contributed by atoms with Crippen LogP contribution in [0.4, 0.5) is 0 Å². The quantitative estimate of drug-likeness (QED) is 0.788. The van der Waals surface area contributed by atoms with Gasteiger partial charge in [0.15, 0.2) is 0 Å². The molecule has 0 heterocycles. The number of likely N-dealkylation sites (N-methyl/N-ethyl adjacent to an activating group) is 1. The van der Waals surface area contributed by atoms with Crippen LogP contribution in [-0.2, 0) is 5.60 Å². The number of hydrogen-bond donors (Lipinski definition) is 2. The maximum Gasteiger partial charge on any atom is 0.114 e. The molecule has 0 aliphatic heterocycles. The lowest BCUT2D eigenvalue weighted by Gasteiger charge is -2.35. The molecule has 1 unspecified atom stereocenters. The first kappa shape index (κ1) is 14.2. The number of hydrogen-bond acceptors (Lipinski definition) is 3. The highest BCUT2D eigenvalue weighted by Gasteiger charge is 2.30. The molecule has 0 fully saturated rings. The summed E-state index contributed by atoms with van der Waals surface area (Å²) < 4.78 is 0. The molecule has 17 heavy (non-hydrogen) atoms. The van der Waals surface area contributed by atoms with Gasteiger partial charge in [0, 0.05) is 19.1 Å². The van der Waals surface area contributed by atoms with E-state index in [4.69, 9.17) is 5.73 Å². The summed E-state index contributed by atoms with van der Waals surface area (Å²) in [6, 6.07) is 10.1. The lowest BCUT2D eigenvalue weighted by atomic mass is 9.93. The van der Waals surface area contributed by atoms with Gasteiger partial charge in [0.1, 0.15) is 5.60 Å². The van der Waals surface area contributed by atoms with Crippen molar-refractivity contribution in [3.05, 3.63) is 35.9 Å². The van der Waals surface area contributed by atoms with Crippen molar-refractivity contribution in [2.45, 2.75) is 32.4 Å². The van der Waals surface area contributed by atoms with Crippen LogP contribution in [0.25, 0.3) is 0 Å². The fraction of sp³-hybridized carbons (Fsp3) is 0.571. The lowest BCUT2D eigenvalue weighted by molar-refractivity contribution is -0.000401. The molecule has 0 saturated carbocycles. The number of nitrogens with zero attached hydrogens (tertiary/aromatic N) is 1. The molecule has 0 spiro atoms. The minimum absolute atomic E-state index is 0.236. The highest BCUT2D eigenvalue weighted by molar-refractivity contribution is 5.23. The Morgan fingerprint density at radius 3 is 2.29 bits per heavy atom. The molecule has 0 aromatic heterocycles. The zero-order chi connectivity index (χ0) is 12.9. The van der Waals surface area contributed by atoms with E-state index in [1.54, 1.807) is 0 Å². The van der Waals surface area contributed by atoms with Crippen LogP contribution in [0.1, 0.15) is 26.3 Å². The van der Waals surface area contributed by atoms with Crippen molar-refractivity contribution < 1.29 is 5.11 Å². The Kier molecular flexibility index (Phi) is 5.12. The smallest absolute Gasteiger partial charge is 0.114 e. The van der Waals surface area contributed by atoms with E-state index in [0.29, 0.717) is 12.6 Å². The average molecular weight is 236 g/mol. The summed E-state index contributed by atoms with van der Waals surface area (Å²) in [7, 11) is 0. The van der Waals surface area contributed by atoms with Crippen molar-refractivity contribution >= 4 is 0 Å². The minimum Gasteiger partial charge on any atom is -0.382 e. The molecular weight excluding hydrogens is 212 g/mol. The molecular formula is C14H24N2O. The van der Waals surface area contributed by atoms with E-state index in [-0.39, 0.29) is 6.54 Å². The average Bonchev–Trinajstić information content (AvgIpc) is 2.36. The van der Waals surface area contributed by atoms with Gasteiger partial charge in [0.05, 0.1) is 0 Å². The van der Waals surface area contributed by atoms with Gasteiger partial charge in [-0.2, -0.15) is 0 Å². The number of aliphatic hydroxyl groups is 1. The van der Waals surface area contributed by atoms with Crippen LogP contribution in [0.5, 0.6) is 0 Å². The molecule has 0 bridgehead atoms. The standard InChI is InChI=1S/C14H24N2O/c1-4-16(12(2)3)11-14(17,10-15)13-8-6-5-7-9-13/h5-9,12,17H,4,10-11,15H2,1-3H3. The van der Waals surface area contributed by atoms with E-state index in [1.165, 1.54) is 0 Å². The predicted molar refractivity (Wildman–Crippen MR) is 71.8 cm³/mol. The highest BCUT2D eigenvalue weighted by Crippen LogP contribution is 2.22. The number of benzene rings is 1. The minimum atomic E-state index is -0.957. The van der Waals surface area contributed by atoms with Gasteiger partial charge in [-0.1, -0.05) is 37.3 Å². The first-order chi connectivity index (χ1) is 8.03. The monoisotopic (exact) mass is 236 g/mol. The maximum absolute atomic E-state index is 10.7. The molecule has 0 aliphatic carbocycles. The van der Waals surface area contributed by atoms with E-state index in [2.05, 4.69) is 25.7 Å². The van der Waals surface area contributed by atoms with Gasteiger partial charge in [-0.15, -0.1) is 0 Å². The van der Waals surface area contributed by atoms with Crippen LogP contribution < -0.4 is 5.73 Å². The second-order valence-electron chi connectivity index (χ2n) is 4.76. The first-order valence-electron chi connectivity index (χ1n) is 6.25. The summed E-state index contributed by atoms with van der Waals surface area (Å²) in [5.74, 6) is 0. The molecule has 0 aliphatic rings. The van der Waals surface area contributed by atoms with Crippen molar-refractivity contribution in [3.8, 4) is 0 Å². The maximum atomic E-state index is 10.7. The SMILES string of the molecule is CCN(CC(O)(CN)c1ccccc1)C(C)C. The van der Waals surface area contributed by atoms with Crippen LogP contribution in [-0.4, -0.2) is 35.7 Å². The molecule has 0 amide bonds. The van der Waals surface area contributed by atoms with Gasteiger partial charge in [-0.3, -0.25) is 4.90 Å². The van der Waals surface area contributed by atoms with Crippen LogP contribution in [0.3, 0.4) is 0 Å². The van der Waals surface area contributed by atoms with Crippen molar-refractivity contribution in [3.63, 3.8) is 0 Å². The van der Waals surface area contributed by atoms with E-state index < -0.39 is 5.60 Å². The van der Waals surface area contributed by atoms with Gasteiger partial charge in [-0.25, -0.2) is 0 Å². The third-order valence-electron chi connectivity index (χ3n) is 3.25. The second kappa shape index (κ2) is 6.15. The number of rotatable bonds is 6. The highest BCUT2D eigenvalue weighted by atomic mass is 16.3. The van der Waals surface area contributed by atoms with Gasteiger partial charge < -0.3 is 10.8 Å². The molecule has 96 valence electrons. The molecule has 3 nitrogen and oxygen atoms in total. The largest absolute Gasteiger partial charge is 0.382 e.